The molecule has 2 N–H and O–H groups in total. The molecule has 0 spiro atoms. The average Bonchev–Trinajstić information content (AvgIpc) is 2.80. The molecule has 6 heteroatoms. The van der Waals surface area contributed by atoms with Crippen LogP contribution in [0.5, 0.6) is 5.75 Å². The zero-order valence-electron chi connectivity index (χ0n) is 17.7. The largest absolute Gasteiger partial charge is 0.497 e. The van der Waals surface area contributed by atoms with Crippen LogP contribution in [0.1, 0.15) is 24.0 Å². The maximum atomic E-state index is 12.4. The van der Waals surface area contributed by atoms with Crippen LogP contribution in [0.25, 0.3) is 10.8 Å². The van der Waals surface area contributed by atoms with Crippen molar-refractivity contribution in [2.45, 2.75) is 25.3 Å². The SMILES string of the molecule is COc1ccc2cc(C(C)C(=O)OCCOC(=O)[C@@H](N)Cc3ccccc3)ccc2c1. The van der Waals surface area contributed by atoms with Crippen LogP contribution >= 0.6 is 0 Å². The molecule has 3 aromatic carbocycles. The molecule has 2 atom stereocenters. The number of esters is 2. The van der Waals surface area contributed by atoms with Crippen LogP contribution in [0.4, 0.5) is 0 Å². The van der Waals surface area contributed by atoms with E-state index in [1.54, 1.807) is 14.0 Å². The molecule has 0 aliphatic carbocycles. The van der Waals surface area contributed by atoms with Crippen LogP contribution in [-0.2, 0) is 25.5 Å². The summed E-state index contributed by atoms with van der Waals surface area (Å²) in [5, 5.41) is 2.04. The Labute approximate surface area is 181 Å². The maximum Gasteiger partial charge on any atom is 0.323 e. The van der Waals surface area contributed by atoms with E-state index in [0.29, 0.717) is 6.42 Å². The topological polar surface area (TPSA) is 87.9 Å². The van der Waals surface area contributed by atoms with Crippen molar-refractivity contribution < 1.29 is 23.8 Å². The zero-order valence-corrected chi connectivity index (χ0v) is 17.7. The Morgan fingerprint density at radius 3 is 2.23 bits per heavy atom. The van der Waals surface area contributed by atoms with Gasteiger partial charge in [-0.25, -0.2) is 0 Å². The van der Waals surface area contributed by atoms with E-state index in [2.05, 4.69) is 0 Å². The van der Waals surface area contributed by atoms with Gasteiger partial charge in [0.05, 0.1) is 13.0 Å². The minimum atomic E-state index is -0.756. The van der Waals surface area contributed by atoms with Gasteiger partial charge in [-0.2, -0.15) is 0 Å². The van der Waals surface area contributed by atoms with Crippen molar-refractivity contribution in [3.05, 3.63) is 77.9 Å². The Bertz CT molecular complexity index is 1030. The number of carbonyl (C=O) groups excluding carboxylic acids is 2. The van der Waals surface area contributed by atoms with E-state index < -0.39 is 17.9 Å². The lowest BCUT2D eigenvalue weighted by Gasteiger charge is -2.14. The summed E-state index contributed by atoms with van der Waals surface area (Å²) in [6, 6.07) is 20.3. The van der Waals surface area contributed by atoms with Gasteiger partial charge in [0.15, 0.2) is 0 Å². The molecule has 1 unspecified atom stereocenters. The fourth-order valence-corrected chi connectivity index (χ4v) is 3.24. The highest BCUT2D eigenvalue weighted by Crippen LogP contribution is 2.25. The van der Waals surface area contributed by atoms with Crippen molar-refractivity contribution in [2.24, 2.45) is 5.73 Å². The fourth-order valence-electron chi connectivity index (χ4n) is 3.24. The first-order chi connectivity index (χ1) is 15.0. The molecule has 6 nitrogen and oxygen atoms in total. The molecule has 31 heavy (non-hydrogen) atoms. The molecule has 0 aliphatic heterocycles. The van der Waals surface area contributed by atoms with Gasteiger partial charge in [-0.15, -0.1) is 0 Å². The molecule has 0 saturated heterocycles. The number of benzene rings is 3. The van der Waals surface area contributed by atoms with E-state index in [4.69, 9.17) is 19.9 Å². The van der Waals surface area contributed by atoms with Crippen molar-refractivity contribution in [1.82, 2.24) is 0 Å². The first-order valence-corrected chi connectivity index (χ1v) is 10.2. The number of fused-ring (bicyclic) bond motifs is 1. The normalized spacial score (nSPS) is 12.7. The molecule has 0 radical (unpaired) electrons. The number of methoxy groups -OCH3 is 1. The molecule has 3 rings (SSSR count). The van der Waals surface area contributed by atoms with Gasteiger partial charge < -0.3 is 19.9 Å². The number of nitrogens with two attached hydrogens (primary N) is 1. The lowest BCUT2D eigenvalue weighted by atomic mass is 9.98. The molecule has 0 fully saturated rings. The first kappa shape index (κ1) is 22.3. The Morgan fingerprint density at radius 2 is 1.52 bits per heavy atom. The predicted molar refractivity (Wildman–Crippen MR) is 119 cm³/mol. The minimum Gasteiger partial charge on any atom is -0.497 e. The highest BCUT2D eigenvalue weighted by molar-refractivity contribution is 5.86. The molecule has 0 heterocycles. The number of carbonyl (C=O) groups is 2. The van der Waals surface area contributed by atoms with Gasteiger partial charge in [-0.1, -0.05) is 54.6 Å². The van der Waals surface area contributed by atoms with Gasteiger partial charge >= 0.3 is 11.9 Å². The van der Waals surface area contributed by atoms with Gasteiger partial charge in [0.1, 0.15) is 25.0 Å². The van der Waals surface area contributed by atoms with Crippen LogP contribution in [0.15, 0.2) is 66.7 Å². The monoisotopic (exact) mass is 421 g/mol. The molecule has 0 bridgehead atoms. The second-order valence-corrected chi connectivity index (χ2v) is 7.33. The van der Waals surface area contributed by atoms with Gasteiger partial charge in [-0.05, 0) is 47.4 Å². The smallest absolute Gasteiger partial charge is 0.323 e. The summed E-state index contributed by atoms with van der Waals surface area (Å²) in [6.07, 6.45) is 0.393. The Balaban J connectivity index is 1.45. The Hall–Kier alpha value is -3.38. The van der Waals surface area contributed by atoms with Crippen LogP contribution in [0, 0.1) is 0 Å². The molecular weight excluding hydrogens is 394 g/mol. The van der Waals surface area contributed by atoms with E-state index in [0.717, 1.165) is 27.6 Å². The fraction of sp³-hybridized carbons (Fsp3) is 0.280. The lowest BCUT2D eigenvalue weighted by molar-refractivity contribution is -0.153. The zero-order chi connectivity index (χ0) is 22.2. The second-order valence-electron chi connectivity index (χ2n) is 7.33. The predicted octanol–water partition coefficient (Wildman–Crippen LogP) is 3.61. The maximum absolute atomic E-state index is 12.4. The quantitative estimate of drug-likeness (QED) is 0.419. The van der Waals surface area contributed by atoms with Gasteiger partial charge in [0.2, 0.25) is 0 Å². The van der Waals surface area contributed by atoms with Crippen LogP contribution in [-0.4, -0.2) is 38.3 Å². The highest BCUT2D eigenvalue weighted by Gasteiger charge is 2.19. The van der Waals surface area contributed by atoms with Crippen molar-refractivity contribution in [2.75, 3.05) is 20.3 Å². The summed E-state index contributed by atoms with van der Waals surface area (Å²) in [5.74, 6) is -0.552. The number of hydrogen-bond acceptors (Lipinski definition) is 6. The number of hydrogen-bond donors (Lipinski definition) is 1. The standard InChI is InChI=1S/C25H27NO5/c1-17(19-8-9-21-16-22(29-2)11-10-20(21)15-19)24(27)30-12-13-31-25(28)23(26)14-18-6-4-3-5-7-18/h3-11,15-17,23H,12-14,26H2,1-2H3/t17?,23-/m0/s1. The molecule has 0 aliphatic rings. The van der Waals surface area contributed by atoms with E-state index in [1.807, 2.05) is 66.7 Å². The number of ether oxygens (including phenoxy) is 3. The minimum absolute atomic E-state index is 0.0161. The summed E-state index contributed by atoms with van der Waals surface area (Å²) in [7, 11) is 1.63. The van der Waals surface area contributed by atoms with Gasteiger partial charge in [0.25, 0.3) is 0 Å². The summed E-state index contributed by atoms with van der Waals surface area (Å²) in [6.45, 7) is 1.74. The van der Waals surface area contributed by atoms with Crippen LogP contribution in [0.3, 0.4) is 0 Å². The molecule has 0 aromatic heterocycles. The van der Waals surface area contributed by atoms with Crippen LogP contribution in [0.2, 0.25) is 0 Å². The van der Waals surface area contributed by atoms with E-state index >= 15 is 0 Å². The van der Waals surface area contributed by atoms with Crippen LogP contribution < -0.4 is 10.5 Å². The summed E-state index contributed by atoms with van der Waals surface area (Å²) in [5.41, 5.74) is 7.70. The van der Waals surface area contributed by atoms with Gasteiger partial charge in [0, 0.05) is 0 Å². The van der Waals surface area contributed by atoms with Crippen molar-refractivity contribution in [3.63, 3.8) is 0 Å². The van der Waals surface area contributed by atoms with Gasteiger partial charge in [-0.3, -0.25) is 9.59 Å². The molecule has 162 valence electrons. The second kappa shape index (κ2) is 10.6. The highest BCUT2D eigenvalue weighted by atomic mass is 16.6. The number of rotatable bonds is 9. The summed E-state index contributed by atoms with van der Waals surface area (Å²) < 4.78 is 15.7. The summed E-state index contributed by atoms with van der Waals surface area (Å²) in [4.78, 5) is 24.4. The van der Waals surface area contributed by atoms with Crippen molar-refractivity contribution >= 4 is 22.7 Å². The van der Waals surface area contributed by atoms with Crippen molar-refractivity contribution in [3.8, 4) is 5.75 Å². The van der Waals surface area contributed by atoms with E-state index in [9.17, 15) is 9.59 Å². The van der Waals surface area contributed by atoms with Crippen molar-refractivity contribution in [1.29, 1.82) is 0 Å². The summed E-state index contributed by atoms with van der Waals surface area (Å²) >= 11 is 0. The Kier molecular flexibility index (Phi) is 7.62. The molecule has 0 amide bonds. The third-order valence-corrected chi connectivity index (χ3v) is 5.10. The lowest BCUT2D eigenvalue weighted by Crippen LogP contribution is -2.35. The van der Waals surface area contributed by atoms with E-state index in [1.165, 1.54) is 0 Å². The third-order valence-electron chi connectivity index (χ3n) is 5.10. The van der Waals surface area contributed by atoms with E-state index in [-0.39, 0.29) is 19.2 Å². The molecule has 0 saturated carbocycles. The third kappa shape index (κ3) is 6.06. The first-order valence-electron chi connectivity index (χ1n) is 10.2. The average molecular weight is 421 g/mol. The molecule has 3 aromatic rings. The molecular formula is C25H27NO5. The Morgan fingerprint density at radius 1 is 0.871 bits per heavy atom.